The molecule has 0 amide bonds. The van der Waals surface area contributed by atoms with Gasteiger partial charge in [-0.15, -0.1) is 0 Å². The zero-order valence-electron chi connectivity index (χ0n) is 23.1. The van der Waals surface area contributed by atoms with E-state index in [1.807, 2.05) is 0 Å². The van der Waals surface area contributed by atoms with Crippen molar-refractivity contribution in [3.63, 3.8) is 0 Å². The minimum Gasteiger partial charge on any atom is -0.871 e. The first-order valence-corrected chi connectivity index (χ1v) is 14.3. The molecule has 222 valence electrons. The number of hydrogen-bond donors (Lipinski definition) is 3. The van der Waals surface area contributed by atoms with Gasteiger partial charge in [0.1, 0.15) is 15.0 Å². The first kappa shape index (κ1) is 37.7. The molecule has 0 spiro atoms. The Balaban J connectivity index is 0.00000353. The second-order valence-electron chi connectivity index (χ2n) is 8.48. The summed E-state index contributed by atoms with van der Waals surface area (Å²) in [7, 11) is -9.92. The SMILES string of the molecule is O=[N+]([O-])c1ccc(Nc2ccc(N=Nc3cc(Nc4ccc([N+](=O)[O-])cc4S(=O)(=O)O)ccc3[O-])cc2)c(S(=O)(=O)[O-])c1.[Na+].[Na+]. The Morgan fingerprint density at radius 2 is 1.16 bits per heavy atom. The van der Waals surface area contributed by atoms with E-state index in [0.29, 0.717) is 12.1 Å². The first-order chi connectivity index (χ1) is 20.1. The van der Waals surface area contributed by atoms with Gasteiger partial charge in [-0.1, -0.05) is 11.8 Å². The van der Waals surface area contributed by atoms with Crippen molar-refractivity contribution in [3.8, 4) is 5.75 Å². The molecule has 0 fully saturated rings. The smallest absolute Gasteiger partial charge is 0.871 e. The first-order valence-electron chi connectivity index (χ1n) is 11.5. The maximum Gasteiger partial charge on any atom is 1.00 e. The van der Waals surface area contributed by atoms with Crippen LogP contribution in [-0.4, -0.2) is 35.8 Å². The minimum absolute atomic E-state index is 0. The van der Waals surface area contributed by atoms with Gasteiger partial charge in [0, 0.05) is 35.6 Å². The molecule has 3 N–H and O–H groups in total. The molecule has 0 heterocycles. The van der Waals surface area contributed by atoms with Gasteiger partial charge < -0.3 is 20.3 Å². The van der Waals surface area contributed by atoms with Crippen molar-refractivity contribution in [3.05, 3.63) is 99.1 Å². The van der Waals surface area contributed by atoms with Gasteiger partial charge in [-0.2, -0.15) is 18.6 Å². The monoisotopic (exact) mass is 674 g/mol. The summed E-state index contributed by atoms with van der Waals surface area (Å²) in [5, 5.41) is 47.4. The third kappa shape index (κ3) is 9.74. The fourth-order valence-corrected chi connectivity index (χ4v) is 4.90. The molecule has 0 aliphatic rings. The van der Waals surface area contributed by atoms with E-state index < -0.39 is 57.0 Å². The Hall–Kier alpha value is -3.50. The Bertz CT molecular complexity index is 2010. The number of nitrogens with one attached hydrogen (secondary N) is 2. The number of azo groups is 1. The van der Waals surface area contributed by atoms with Gasteiger partial charge in [0.2, 0.25) is 0 Å². The van der Waals surface area contributed by atoms with Crippen LogP contribution in [0, 0.1) is 20.2 Å². The quantitative estimate of drug-likeness (QED) is 0.0577. The number of nitrogens with zero attached hydrogens (tertiary/aromatic N) is 4. The van der Waals surface area contributed by atoms with Crippen molar-refractivity contribution < 1.29 is 100 Å². The van der Waals surface area contributed by atoms with Crippen molar-refractivity contribution in [2.24, 2.45) is 10.2 Å². The third-order valence-corrected chi connectivity index (χ3v) is 7.33. The van der Waals surface area contributed by atoms with E-state index in [9.17, 15) is 51.3 Å². The van der Waals surface area contributed by atoms with Crippen LogP contribution in [0.5, 0.6) is 5.75 Å². The van der Waals surface area contributed by atoms with Crippen LogP contribution in [0.3, 0.4) is 0 Å². The molecule has 0 aliphatic heterocycles. The summed E-state index contributed by atoms with van der Waals surface area (Å²) in [5.41, 5.74) is -1.09. The molecule has 4 aromatic rings. The molecule has 4 aromatic carbocycles. The van der Waals surface area contributed by atoms with Crippen LogP contribution in [0.25, 0.3) is 0 Å². The summed E-state index contributed by atoms with van der Waals surface area (Å²) < 4.78 is 67.9. The number of non-ortho nitro benzene ring substituents is 2. The average molecular weight is 675 g/mol. The predicted octanol–water partition coefficient (Wildman–Crippen LogP) is -1.36. The molecule has 0 unspecified atom stereocenters. The maximum atomic E-state index is 12.3. The second kappa shape index (κ2) is 15.2. The summed E-state index contributed by atoms with van der Waals surface area (Å²) in [6, 6.07) is 14.8. The zero-order chi connectivity index (χ0) is 31.5. The Morgan fingerprint density at radius 1 is 0.667 bits per heavy atom. The molecule has 17 nitrogen and oxygen atoms in total. The molecule has 21 heteroatoms. The summed E-state index contributed by atoms with van der Waals surface area (Å²) in [4.78, 5) is 18.7. The number of hydrogen-bond acceptors (Lipinski definition) is 14. The number of rotatable bonds is 10. The fraction of sp³-hybridized carbons (Fsp3) is 0. The van der Waals surface area contributed by atoms with E-state index in [4.69, 9.17) is 0 Å². The molecule has 0 radical (unpaired) electrons. The number of benzene rings is 4. The second-order valence-corrected chi connectivity index (χ2v) is 11.2. The van der Waals surface area contributed by atoms with Gasteiger partial charge in [0.25, 0.3) is 21.5 Å². The summed E-state index contributed by atoms with van der Waals surface area (Å²) >= 11 is 0. The van der Waals surface area contributed by atoms with Crippen LogP contribution in [0.4, 0.5) is 45.5 Å². The maximum absolute atomic E-state index is 12.3. The third-order valence-electron chi connectivity index (χ3n) is 5.56. The van der Waals surface area contributed by atoms with Crippen LogP contribution in [0.2, 0.25) is 0 Å². The molecule has 0 aliphatic carbocycles. The minimum atomic E-state index is -5.05. The van der Waals surface area contributed by atoms with Crippen LogP contribution in [0.1, 0.15) is 0 Å². The summed E-state index contributed by atoms with van der Waals surface area (Å²) in [5.74, 6) is -0.559. The van der Waals surface area contributed by atoms with E-state index in [1.54, 1.807) is 0 Å². The van der Waals surface area contributed by atoms with Crippen molar-refractivity contribution in [1.29, 1.82) is 0 Å². The average Bonchev–Trinajstić information content (AvgIpc) is 2.93. The molecule has 45 heavy (non-hydrogen) atoms. The normalized spacial score (nSPS) is 11.2. The standard InChI is InChI=1S/C24H18N6O11S2.2Na/c31-22-10-5-16(26-20-9-7-18(30(34)35)13-24(20)43(39,40)41)11-21(22)28-27-15-3-1-14(2-4-15)25-19-8-6-17(29(32)33)12-23(19)42(36,37)38;;/h1-13,25-26,31H,(H,36,37,38)(H,39,40,41);;/q;2*+1/p-2. The molecule has 0 saturated heterocycles. The van der Waals surface area contributed by atoms with Crippen LogP contribution in [-0.2, 0) is 20.2 Å². The summed E-state index contributed by atoms with van der Waals surface area (Å²) in [6.45, 7) is 0. The van der Waals surface area contributed by atoms with Crippen LogP contribution >= 0.6 is 0 Å². The van der Waals surface area contributed by atoms with Crippen LogP contribution < -0.4 is 74.9 Å². The van der Waals surface area contributed by atoms with Crippen molar-refractivity contribution in [2.45, 2.75) is 9.79 Å². The molecule has 0 aromatic heterocycles. The summed E-state index contributed by atoms with van der Waals surface area (Å²) in [6.07, 6.45) is 0. The van der Waals surface area contributed by atoms with Gasteiger partial charge >= 0.3 is 59.1 Å². The van der Waals surface area contributed by atoms with Gasteiger partial charge in [-0.25, -0.2) is 8.42 Å². The predicted molar refractivity (Wildman–Crippen MR) is 147 cm³/mol. The molecule has 0 bridgehead atoms. The van der Waals surface area contributed by atoms with E-state index in [2.05, 4.69) is 20.9 Å². The Morgan fingerprint density at radius 3 is 1.67 bits per heavy atom. The molecular weight excluding hydrogens is 658 g/mol. The molecule has 0 atom stereocenters. The van der Waals surface area contributed by atoms with Gasteiger partial charge in [-0.3, -0.25) is 24.8 Å². The Labute approximate surface area is 298 Å². The molecule has 0 saturated carbocycles. The van der Waals surface area contributed by atoms with Gasteiger partial charge in [0.05, 0.1) is 37.5 Å². The van der Waals surface area contributed by atoms with E-state index in [1.165, 1.54) is 36.4 Å². The number of anilines is 4. The molecular formula is C24H16N6Na2O11S2. The van der Waals surface area contributed by atoms with Crippen LogP contribution in [0.15, 0.2) is 98.9 Å². The van der Waals surface area contributed by atoms with E-state index in [0.717, 1.165) is 30.3 Å². The topological polar surface area (TPSA) is 270 Å². The van der Waals surface area contributed by atoms with E-state index >= 15 is 0 Å². The van der Waals surface area contributed by atoms with Gasteiger partial charge in [0.15, 0.2) is 0 Å². The number of nitro groups is 2. The largest absolute Gasteiger partial charge is 1.00 e. The van der Waals surface area contributed by atoms with Crippen molar-refractivity contribution in [2.75, 3.05) is 10.6 Å². The van der Waals surface area contributed by atoms with Crippen molar-refractivity contribution >= 4 is 65.7 Å². The fourth-order valence-electron chi connectivity index (χ4n) is 3.58. The Kier molecular flexibility index (Phi) is 12.7. The number of nitro benzene ring substituents is 2. The van der Waals surface area contributed by atoms with Crippen molar-refractivity contribution in [1.82, 2.24) is 0 Å². The van der Waals surface area contributed by atoms with E-state index in [-0.39, 0.29) is 93.2 Å². The zero-order valence-corrected chi connectivity index (χ0v) is 28.8. The molecule has 4 rings (SSSR count). The van der Waals surface area contributed by atoms with Gasteiger partial charge in [-0.05, 0) is 48.5 Å².